The number of rotatable bonds is 5. The fourth-order valence-electron chi connectivity index (χ4n) is 1.40. The molecule has 0 amide bonds. The zero-order valence-corrected chi connectivity index (χ0v) is 11.3. The summed E-state index contributed by atoms with van der Waals surface area (Å²) in [6, 6.07) is 5.20. The minimum atomic E-state index is -0.960. The first-order valence-corrected chi connectivity index (χ1v) is 6.19. The molecule has 2 atom stereocenters. The SMILES string of the molecule is CNCCC(O)C(O)c1cc(Br)ccc1Cl. The highest BCUT2D eigenvalue weighted by Crippen LogP contribution is 2.29. The number of halogens is 2. The lowest BCUT2D eigenvalue weighted by molar-refractivity contribution is 0.0140. The number of nitrogens with one attached hydrogen (secondary N) is 1. The number of aliphatic hydroxyl groups excluding tert-OH is 2. The van der Waals surface area contributed by atoms with Crippen molar-refractivity contribution >= 4 is 27.5 Å². The Balaban J connectivity index is 2.78. The quantitative estimate of drug-likeness (QED) is 0.781. The van der Waals surface area contributed by atoms with Crippen molar-refractivity contribution < 1.29 is 10.2 Å². The third-order valence-electron chi connectivity index (χ3n) is 2.33. The average molecular weight is 309 g/mol. The molecular formula is C11H15BrClNO2. The third kappa shape index (κ3) is 3.71. The maximum absolute atomic E-state index is 9.94. The van der Waals surface area contributed by atoms with Crippen LogP contribution in [0.5, 0.6) is 0 Å². The van der Waals surface area contributed by atoms with Gasteiger partial charge in [-0.15, -0.1) is 0 Å². The minimum absolute atomic E-state index is 0.458. The second-order valence-corrected chi connectivity index (χ2v) is 4.89. The van der Waals surface area contributed by atoms with E-state index in [9.17, 15) is 10.2 Å². The number of benzene rings is 1. The number of hydrogen-bond donors (Lipinski definition) is 3. The van der Waals surface area contributed by atoms with Crippen molar-refractivity contribution in [1.82, 2.24) is 5.32 Å². The molecule has 1 rings (SSSR count). The Hall–Kier alpha value is -0.130. The van der Waals surface area contributed by atoms with E-state index in [1.54, 1.807) is 25.2 Å². The van der Waals surface area contributed by atoms with Crippen molar-refractivity contribution in [2.75, 3.05) is 13.6 Å². The van der Waals surface area contributed by atoms with Gasteiger partial charge in [-0.1, -0.05) is 27.5 Å². The van der Waals surface area contributed by atoms with Gasteiger partial charge in [-0.05, 0) is 38.2 Å². The van der Waals surface area contributed by atoms with Gasteiger partial charge >= 0.3 is 0 Å². The Bertz CT molecular complexity index is 349. The molecule has 0 aromatic heterocycles. The van der Waals surface area contributed by atoms with Crippen molar-refractivity contribution in [1.29, 1.82) is 0 Å². The van der Waals surface area contributed by atoms with Gasteiger partial charge in [0.2, 0.25) is 0 Å². The summed E-state index contributed by atoms with van der Waals surface area (Å²) in [4.78, 5) is 0. The van der Waals surface area contributed by atoms with Gasteiger partial charge in [-0.3, -0.25) is 0 Å². The molecule has 0 aliphatic heterocycles. The van der Waals surface area contributed by atoms with Crippen LogP contribution in [0.25, 0.3) is 0 Å². The zero-order valence-electron chi connectivity index (χ0n) is 8.95. The Morgan fingerprint density at radius 2 is 2.12 bits per heavy atom. The monoisotopic (exact) mass is 307 g/mol. The molecule has 0 radical (unpaired) electrons. The maximum atomic E-state index is 9.94. The molecule has 90 valence electrons. The lowest BCUT2D eigenvalue weighted by Crippen LogP contribution is -2.23. The van der Waals surface area contributed by atoms with Gasteiger partial charge in [0.1, 0.15) is 6.10 Å². The predicted octanol–water partition coefficient (Wildman–Crippen LogP) is 2.11. The summed E-state index contributed by atoms with van der Waals surface area (Å²) in [5.41, 5.74) is 0.541. The Kier molecular flexibility index (Phi) is 5.72. The van der Waals surface area contributed by atoms with E-state index in [1.165, 1.54) is 0 Å². The molecule has 16 heavy (non-hydrogen) atoms. The van der Waals surface area contributed by atoms with Crippen LogP contribution in [-0.2, 0) is 0 Å². The van der Waals surface area contributed by atoms with Crippen molar-refractivity contribution in [2.45, 2.75) is 18.6 Å². The molecule has 0 saturated carbocycles. The third-order valence-corrected chi connectivity index (χ3v) is 3.17. The van der Waals surface area contributed by atoms with E-state index in [0.29, 0.717) is 23.6 Å². The Morgan fingerprint density at radius 1 is 1.44 bits per heavy atom. The van der Waals surface area contributed by atoms with E-state index in [1.807, 2.05) is 0 Å². The summed E-state index contributed by atoms with van der Waals surface area (Å²) in [7, 11) is 1.80. The predicted molar refractivity (Wildman–Crippen MR) is 68.7 cm³/mol. The molecule has 0 spiro atoms. The highest BCUT2D eigenvalue weighted by atomic mass is 79.9. The highest BCUT2D eigenvalue weighted by molar-refractivity contribution is 9.10. The van der Waals surface area contributed by atoms with Crippen molar-refractivity contribution in [3.8, 4) is 0 Å². The summed E-state index contributed by atoms with van der Waals surface area (Å²) >= 11 is 9.26. The summed E-state index contributed by atoms with van der Waals surface area (Å²) in [6.45, 7) is 0.643. The molecule has 1 aromatic carbocycles. The molecule has 2 unspecified atom stereocenters. The van der Waals surface area contributed by atoms with Gasteiger partial charge < -0.3 is 15.5 Å². The molecule has 0 fully saturated rings. The van der Waals surface area contributed by atoms with Crippen LogP contribution >= 0.6 is 27.5 Å². The summed E-state index contributed by atoms with van der Waals surface area (Å²) in [6.07, 6.45) is -1.31. The van der Waals surface area contributed by atoms with Gasteiger partial charge in [-0.2, -0.15) is 0 Å². The van der Waals surface area contributed by atoms with Crippen LogP contribution < -0.4 is 5.32 Å². The maximum Gasteiger partial charge on any atom is 0.106 e. The summed E-state index contributed by atoms with van der Waals surface area (Å²) < 4.78 is 0.826. The van der Waals surface area contributed by atoms with Gasteiger partial charge in [0, 0.05) is 15.1 Å². The normalized spacial score (nSPS) is 14.8. The van der Waals surface area contributed by atoms with Crippen LogP contribution in [0.3, 0.4) is 0 Å². The van der Waals surface area contributed by atoms with E-state index < -0.39 is 12.2 Å². The van der Waals surface area contributed by atoms with E-state index in [2.05, 4.69) is 21.2 Å². The second-order valence-electron chi connectivity index (χ2n) is 3.57. The lowest BCUT2D eigenvalue weighted by Gasteiger charge is -2.19. The minimum Gasteiger partial charge on any atom is -0.390 e. The standard InChI is InChI=1S/C11H15BrClNO2/c1-14-5-4-10(15)11(16)8-6-7(12)2-3-9(8)13/h2-3,6,10-11,14-16H,4-5H2,1H3. The molecule has 3 N–H and O–H groups in total. The average Bonchev–Trinajstić information content (AvgIpc) is 2.28. The fraction of sp³-hybridized carbons (Fsp3) is 0.455. The first-order valence-electron chi connectivity index (χ1n) is 5.02. The molecular weight excluding hydrogens is 293 g/mol. The largest absolute Gasteiger partial charge is 0.390 e. The Labute approximate surface area is 109 Å². The van der Waals surface area contributed by atoms with Crippen LogP contribution in [0.2, 0.25) is 5.02 Å². The molecule has 1 aromatic rings. The van der Waals surface area contributed by atoms with E-state index >= 15 is 0 Å². The molecule has 0 heterocycles. The van der Waals surface area contributed by atoms with Crippen LogP contribution in [0.4, 0.5) is 0 Å². The summed E-state index contributed by atoms with van der Waals surface area (Å²) in [5, 5.41) is 23.1. The molecule has 5 heteroatoms. The Morgan fingerprint density at radius 3 is 2.75 bits per heavy atom. The van der Waals surface area contributed by atoms with Crippen LogP contribution in [0, 0.1) is 0 Å². The summed E-state index contributed by atoms with van der Waals surface area (Å²) in [5.74, 6) is 0. The molecule has 0 aliphatic carbocycles. The van der Waals surface area contributed by atoms with E-state index in [0.717, 1.165) is 4.47 Å². The van der Waals surface area contributed by atoms with E-state index in [4.69, 9.17) is 11.6 Å². The first-order chi connectivity index (χ1) is 7.56. The molecule has 0 saturated heterocycles. The smallest absolute Gasteiger partial charge is 0.106 e. The van der Waals surface area contributed by atoms with Crippen LogP contribution in [0.1, 0.15) is 18.1 Å². The second kappa shape index (κ2) is 6.57. The van der Waals surface area contributed by atoms with Crippen molar-refractivity contribution in [2.24, 2.45) is 0 Å². The number of hydrogen-bond acceptors (Lipinski definition) is 3. The molecule has 3 nitrogen and oxygen atoms in total. The van der Waals surface area contributed by atoms with Gasteiger partial charge in [0.25, 0.3) is 0 Å². The van der Waals surface area contributed by atoms with Crippen molar-refractivity contribution in [3.05, 3.63) is 33.3 Å². The first kappa shape index (κ1) is 13.9. The highest BCUT2D eigenvalue weighted by Gasteiger charge is 2.20. The fourth-order valence-corrected chi connectivity index (χ4v) is 2.01. The molecule has 0 bridgehead atoms. The van der Waals surface area contributed by atoms with Gasteiger partial charge in [-0.25, -0.2) is 0 Å². The lowest BCUT2D eigenvalue weighted by atomic mass is 10.0. The van der Waals surface area contributed by atoms with Crippen LogP contribution in [0.15, 0.2) is 22.7 Å². The van der Waals surface area contributed by atoms with Gasteiger partial charge in [0.15, 0.2) is 0 Å². The molecule has 0 aliphatic rings. The van der Waals surface area contributed by atoms with Crippen molar-refractivity contribution in [3.63, 3.8) is 0 Å². The van der Waals surface area contributed by atoms with Crippen LogP contribution in [-0.4, -0.2) is 29.9 Å². The van der Waals surface area contributed by atoms with Gasteiger partial charge in [0.05, 0.1) is 6.10 Å². The topological polar surface area (TPSA) is 52.5 Å². The number of aliphatic hydroxyl groups is 2. The van der Waals surface area contributed by atoms with E-state index in [-0.39, 0.29) is 0 Å². The zero-order chi connectivity index (χ0) is 12.1.